The maximum atomic E-state index is 13.3. The number of hydrogen-bond donors (Lipinski definition) is 1. The number of hydrogen-bond acceptors (Lipinski definition) is 8. The fourth-order valence-corrected chi connectivity index (χ4v) is 3.48. The first-order valence-electron chi connectivity index (χ1n) is 9.43. The number of nitrogens with one attached hydrogen (secondary N) is 1. The van der Waals surface area contributed by atoms with Gasteiger partial charge in [-0.05, 0) is 31.2 Å². The molecule has 0 spiro atoms. The van der Waals surface area contributed by atoms with Crippen molar-refractivity contribution in [2.45, 2.75) is 13.5 Å². The van der Waals surface area contributed by atoms with Gasteiger partial charge in [-0.25, -0.2) is 0 Å². The molecule has 0 unspecified atom stereocenters. The van der Waals surface area contributed by atoms with Crippen LogP contribution in [-0.4, -0.2) is 39.0 Å². The van der Waals surface area contributed by atoms with Crippen molar-refractivity contribution in [1.29, 1.82) is 0 Å². The Morgan fingerprint density at radius 1 is 1.06 bits per heavy atom. The largest absolute Gasteiger partial charge is 0.497 e. The van der Waals surface area contributed by atoms with Gasteiger partial charge in [-0.2, -0.15) is 4.98 Å². The second-order valence-electron chi connectivity index (χ2n) is 6.50. The fourth-order valence-electron chi connectivity index (χ4n) is 3.20. The van der Waals surface area contributed by atoms with E-state index in [-0.39, 0.29) is 11.5 Å². The molecule has 0 aliphatic heterocycles. The molecule has 31 heavy (non-hydrogen) atoms. The van der Waals surface area contributed by atoms with E-state index in [4.69, 9.17) is 21.1 Å². The Labute approximate surface area is 182 Å². The number of halogens is 1. The Bertz CT molecular complexity index is 1310. The van der Waals surface area contributed by atoms with Gasteiger partial charge in [-0.3, -0.25) is 14.3 Å². The number of benzene rings is 1. The van der Waals surface area contributed by atoms with E-state index >= 15 is 0 Å². The van der Waals surface area contributed by atoms with Gasteiger partial charge in [-0.15, -0.1) is 10.2 Å². The van der Waals surface area contributed by atoms with Crippen molar-refractivity contribution in [3.8, 4) is 22.6 Å². The van der Waals surface area contributed by atoms with E-state index in [1.807, 2.05) is 6.92 Å². The highest BCUT2D eigenvalue weighted by Crippen LogP contribution is 2.38. The lowest BCUT2D eigenvalue weighted by Gasteiger charge is -2.14. The third kappa shape index (κ3) is 3.87. The average Bonchev–Trinajstić information content (AvgIpc) is 2.80. The lowest BCUT2D eigenvalue weighted by Crippen LogP contribution is -2.23. The van der Waals surface area contributed by atoms with Crippen LogP contribution >= 0.6 is 11.6 Å². The highest BCUT2D eigenvalue weighted by Gasteiger charge is 2.19. The average molecular weight is 439 g/mol. The van der Waals surface area contributed by atoms with Crippen LogP contribution in [0.4, 0.5) is 11.6 Å². The maximum absolute atomic E-state index is 13.3. The van der Waals surface area contributed by atoms with Crippen molar-refractivity contribution < 1.29 is 9.47 Å². The Morgan fingerprint density at radius 2 is 1.84 bits per heavy atom. The lowest BCUT2D eigenvalue weighted by atomic mass is 10.1. The third-order valence-electron chi connectivity index (χ3n) is 4.72. The monoisotopic (exact) mass is 438 g/mol. The van der Waals surface area contributed by atoms with Gasteiger partial charge < -0.3 is 14.8 Å². The van der Waals surface area contributed by atoms with Crippen molar-refractivity contribution >= 4 is 34.4 Å². The fraction of sp³-hybridized carbons (Fsp3) is 0.190. The van der Waals surface area contributed by atoms with E-state index in [9.17, 15) is 4.79 Å². The summed E-state index contributed by atoms with van der Waals surface area (Å²) in [5, 5.41) is 11.8. The zero-order valence-corrected chi connectivity index (χ0v) is 17.8. The zero-order chi connectivity index (χ0) is 22.0. The van der Waals surface area contributed by atoms with Crippen LogP contribution in [0.2, 0.25) is 5.02 Å². The number of anilines is 2. The Kier molecular flexibility index (Phi) is 5.68. The van der Waals surface area contributed by atoms with Crippen molar-refractivity contribution in [3.63, 3.8) is 0 Å². The van der Waals surface area contributed by atoms with E-state index in [1.165, 1.54) is 18.8 Å². The number of methoxy groups -OCH3 is 2. The smallest absolute Gasteiger partial charge is 0.260 e. The Hall–Kier alpha value is -3.72. The van der Waals surface area contributed by atoms with Crippen molar-refractivity contribution in [1.82, 2.24) is 24.7 Å². The van der Waals surface area contributed by atoms with E-state index in [0.29, 0.717) is 45.4 Å². The first-order valence-corrected chi connectivity index (χ1v) is 9.80. The normalized spacial score (nSPS) is 10.8. The number of pyridine rings is 2. The van der Waals surface area contributed by atoms with Gasteiger partial charge in [-0.1, -0.05) is 11.6 Å². The molecule has 0 aliphatic carbocycles. The molecule has 1 aromatic carbocycles. The van der Waals surface area contributed by atoms with Gasteiger partial charge in [0.2, 0.25) is 5.95 Å². The number of ether oxygens (including phenoxy) is 2. The summed E-state index contributed by atoms with van der Waals surface area (Å²) in [4.78, 5) is 21.8. The number of fused-ring (bicyclic) bond motifs is 1. The minimum absolute atomic E-state index is 0.262. The molecule has 158 valence electrons. The topological polar surface area (TPSA) is 104 Å². The molecule has 1 N–H and O–H groups in total. The van der Waals surface area contributed by atoms with Crippen LogP contribution in [0.25, 0.3) is 22.3 Å². The SMILES string of the molecule is CCn1c(=O)c(-c2cc(OC)cc(OC)c2Cl)cc2nnc(Nc3ccncc3)nc21. The summed E-state index contributed by atoms with van der Waals surface area (Å²) in [5.41, 5.74) is 2.19. The van der Waals surface area contributed by atoms with E-state index in [2.05, 4.69) is 25.5 Å². The van der Waals surface area contributed by atoms with Gasteiger partial charge >= 0.3 is 0 Å². The van der Waals surface area contributed by atoms with Crippen molar-refractivity contribution in [2.24, 2.45) is 0 Å². The maximum Gasteiger partial charge on any atom is 0.260 e. The molecule has 4 aromatic rings. The van der Waals surface area contributed by atoms with Crippen LogP contribution in [0.3, 0.4) is 0 Å². The minimum atomic E-state index is -0.262. The molecule has 0 saturated heterocycles. The summed E-state index contributed by atoms with van der Waals surface area (Å²) in [5.74, 6) is 1.19. The molecule has 0 radical (unpaired) electrons. The van der Waals surface area contributed by atoms with Crippen LogP contribution in [0.5, 0.6) is 11.5 Å². The predicted molar refractivity (Wildman–Crippen MR) is 118 cm³/mol. The van der Waals surface area contributed by atoms with E-state index in [0.717, 1.165) is 5.69 Å². The summed E-state index contributed by atoms with van der Waals surface area (Å²) < 4.78 is 12.2. The minimum Gasteiger partial charge on any atom is -0.497 e. The van der Waals surface area contributed by atoms with Crippen LogP contribution in [0.1, 0.15) is 6.92 Å². The van der Waals surface area contributed by atoms with Gasteiger partial charge in [0.05, 0.1) is 24.8 Å². The molecule has 0 saturated carbocycles. The highest BCUT2D eigenvalue weighted by atomic mass is 35.5. The molecule has 0 aliphatic rings. The van der Waals surface area contributed by atoms with Gasteiger partial charge in [0.1, 0.15) is 17.0 Å². The highest BCUT2D eigenvalue weighted by molar-refractivity contribution is 6.35. The van der Waals surface area contributed by atoms with E-state index < -0.39 is 0 Å². The molecular formula is C21H19ClN6O3. The Balaban J connectivity index is 1.89. The van der Waals surface area contributed by atoms with E-state index in [1.54, 1.807) is 42.7 Å². The third-order valence-corrected chi connectivity index (χ3v) is 5.11. The van der Waals surface area contributed by atoms with Gasteiger partial charge in [0.15, 0.2) is 5.65 Å². The first-order chi connectivity index (χ1) is 15.0. The van der Waals surface area contributed by atoms with Gasteiger partial charge in [0, 0.05) is 36.3 Å². The second kappa shape index (κ2) is 8.57. The molecule has 0 amide bonds. The summed E-state index contributed by atoms with van der Waals surface area (Å²) in [7, 11) is 3.03. The van der Waals surface area contributed by atoms with Crippen molar-refractivity contribution in [3.05, 3.63) is 58.1 Å². The number of aryl methyl sites for hydroxylation is 1. The Morgan fingerprint density at radius 3 is 2.52 bits per heavy atom. The predicted octanol–water partition coefficient (Wildman–Crippen LogP) is 3.68. The molecule has 10 heteroatoms. The second-order valence-corrected chi connectivity index (χ2v) is 6.88. The molecule has 4 rings (SSSR count). The molecule has 9 nitrogen and oxygen atoms in total. The molecule has 0 atom stereocenters. The van der Waals surface area contributed by atoms with Crippen LogP contribution in [-0.2, 0) is 6.54 Å². The van der Waals surface area contributed by atoms with Crippen LogP contribution in [0.15, 0.2) is 47.5 Å². The van der Waals surface area contributed by atoms with Crippen LogP contribution < -0.4 is 20.3 Å². The summed E-state index contributed by atoms with van der Waals surface area (Å²) >= 11 is 6.51. The van der Waals surface area contributed by atoms with Crippen molar-refractivity contribution in [2.75, 3.05) is 19.5 Å². The summed E-state index contributed by atoms with van der Waals surface area (Å²) in [6, 6.07) is 8.53. The molecular weight excluding hydrogens is 420 g/mol. The quantitative estimate of drug-likeness (QED) is 0.486. The standard InChI is InChI=1S/C21H19ClN6O3/c1-4-28-19-16(26-27-21(25-19)24-12-5-7-23-8-6-12)11-15(20(28)29)14-9-13(30-2)10-17(31-3)18(14)22/h5-11H,4H2,1-3H3,(H,23,24,25,27). The van der Waals surface area contributed by atoms with Crippen LogP contribution in [0, 0.1) is 0 Å². The molecule has 3 aromatic heterocycles. The summed E-state index contributed by atoms with van der Waals surface area (Å²) in [6.07, 6.45) is 3.30. The zero-order valence-electron chi connectivity index (χ0n) is 17.1. The molecule has 3 heterocycles. The van der Waals surface area contributed by atoms with Gasteiger partial charge in [0.25, 0.3) is 5.56 Å². The number of nitrogens with zero attached hydrogens (tertiary/aromatic N) is 5. The number of rotatable bonds is 6. The lowest BCUT2D eigenvalue weighted by molar-refractivity contribution is 0.395. The molecule has 0 bridgehead atoms. The summed E-state index contributed by atoms with van der Waals surface area (Å²) in [6.45, 7) is 2.24. The first kappa shape index (κ1) is 20.5. The molecule has 0 fully saturated rings. The number of aromatic nitrogens is 5.